The third-order valence-corrected chi connectivity index (χ3v) is 2.95. The van der Waals surface area contributed by atoms with E-state index in [0.29, 0.717) is 25.6 Å². The Hall–Kier alpha value is -1.29. The molecule has 0 saturated carbocycles. The highest BCUT2D eigenvalue weighted by Gasteiger charge is 2.11. The van der Waals surface area contributed by atoms with Crippen molar-refractivity contribution in [1.82, 2.24) is 9.88 Å². The summed E-state index contributed by atoms with van der Waals surface area (Å²) in [6.45, 7) is 9.51. The number of aryl methyl sites for hydroxylation is 1. The van der Waals surface area contributed by atoms with Crippen molar-refractivity contribution >= 4 is 5.91 Å². The SMILES string of the molecule is Cc1cc(CNC(=O)CCN)c(C)n1C(C)C. The lowest BCUT2D eigenvalue weighted by molar-refractivity contribution is -0.121. The molecule has 0 radical (unpaired) electrons. The Morgan fingerprint density at radius 3 is 2.59 bits per heavy atom. The minimum Gasteiger partial charge on any atom is -0.352 e. The van der Waals surface area contributed by atoms with Crippen molar-refractivity contribution in [2.75, 3.05) is 6.54 Å². The molecular weight excluding hydrogens is 214 g/mol. The highest BCUT2D eigenvalue weighted by molar-refractivity contribution is 5.76. The Balaban J connectivity index is 2.73. The molecule has 4 heteroatoms. The van der Waals surface area contributed by atoms with Gasteiger partial charge in [0, 0.05) is 36.9 Å². The predicted molar refractivity (Wildman–Crippen MR) is 69.8 cm³/mol. The molecule has 0 spiro atoms. The Morgan fingerprint density at radius 2 is 2.12 bits per heavy atom. The molecule has 0 aliphatic heterocycles. The van der Waals surface area contributed by atoms with Gasteiger partial charge in [0.1, 0.15) is 0 Å². The van der Waals surface area contributed by atoms with Crippen molar-refractivity contribution in [1.29, 1.82) is 0 Å². The molecule has 1 aromatic heterocycles. The minimum atomic E-state index is 0.0156. The van der Waals surface area contributed by atoms with Gasteiger partial charge in [-0.25, -0.2) is 0 Å². The maximum atomic E-state index is 11.4. The lowest BCUT2D eigenvalue weighted by atomic mass is 10.2. The second-order valence-corrected chi connectivity index (χ2v) is 4.68. The lowest BCUT2D eigenvalue weighted by Crippen LogP contribution is -2.25. The van der Waals surface area contributed by atoms with Gasteiger partial charge in [0.05, 0.1) is 0 Å². The summed E-state index contributed by atoms with van der Waals surface area (Å²) in [4.78, 5) is 11.4. The van der Waals surface area contributed by atoms with Crippen molar-refractivity contribution in [3.05, 3.63) is 23.0 Å². The van der Waals surface area contributed by atoms with Crippen LogP contribution >= 0.6 is 0 Å². The van der Waals surface area contributed by atoms with Gasteiger partial charge in [0.15, 0.2) is 0 Å². The Kier molecular flexibility index (Phi) is 4.75. The van der Waals surface area contributed by atoms with E-state index in [-0.39, 0.29) is 5.91 Å². The highest BCUT2D eigenvalue weighted by atomic mass is 16.1. The fourth-order valence-corrected chi connectivity index (χ4v) is 2.23. The summed E-state index contributed by atoms with van der Waals surface area (Å²) in [5, 5.41) is 2.89. The van der Waals surface area contributed by atoms with E-state index in [9.17, 15) is 4.79 Å². The zero-order valence-corrected chi connectivity index (χ0v) is 11.2. The second-order valence-electron chi connectivity index (χ2n) is 4.68. The molecule has 1 aromatic rings. The number of aromatic nitrogens is 1. The molecule has 17 heavy (non-hydrogen) atoms. The predicted octanol–water partition coefficient (Wildman–Crippen LogP) is 1.65. The van der Waals surface area contributed by atoms with Crippen LogP contribution in [0.25, 0.3) is 0 Å². The summed E-state index contributed by atoms with van der Waals surface area (Å²) >= 11 is 0. The molecule has 1 heterocycles. The number of carbonyl (C=O) groups is 1. The smallest absolute Gasteiger partial charge is 0.221 e. The summed E-state index contributed by atoms with van der Waals surface area (Å²) in [7, 11) is 0. The molecule has 3 N–H and O–H groups in total. The third-order valence-electron chi connectivity index (χ3n) is 2.95. The summed E-state index contributed by atoms with van der Waals surface area (Å²) in [6.07, 6.45) is 0.392. The number of amides is 1. The normalized spacial score (nSPS) is 10.9. The van der Waals surface area contributed by atoms with E-state index in [1.165, 1.54) is 17.0 Å². The van der Waals surface area contributed by atoms with Crippen LogP contribution in [0.3, 0.4) is 0 Å². The first kappa shape index (κ1) is 13.8. The van der Waals surface area contributed by atoms with E-state index >= 15 is 0 Å². The second kappa shape index (κ2) is 5.87. The third kappa shape index (κ3) is 3.33. The van der Waals surface area contributed by atoms with E-state index in [1.807, 2.05) is 0 Å². The van der Waals surface area contributed by atoms with Crippen LogP contribution < -0.4 is 11.1 Å². The summed E-state index contributed by atoms with van der Waals surface area (Å²) in [5.74, 6) is 0.0156. The van der Waals surface area contributed by atoms with Gasteiger partial charge in [-0.15, -0.1) is 0 Å². The molecule has 0 bridgehead atoms. The molecule has 0 aromatic carbocycles. The van der Waals surface area contributed by atoms with E-state index in [1.54, 1.807) is 0 Å². The quantitative estimate of drug-likeness (QED) is 0.818. The number of hydrogen-bond donors (Lipinski definition) is 2. The van der Waals surface area contributed by atoms with Gasteiger partial charge in [-0.1, -0.05) is 0 Å². The van der Waals surface area contributed by atoms with Gasteiger partial charge in [-0.3, -0.25) is 4.79 Å². The van der Waals surface area contributed by atoms with Crippen LogP contribution in [0.4, 0.5) is 0 Å². The maximum Gasteiger partial charge on any atom is 0.221 e. The molecule has 0 saturated heterocycles. The van der Waals surface area contributed by atoms with E-state index < -0.39 is 0 Å². The standard InChI is InChI=1S/C13H23N3O/c1-9(2)16-10(3)7-12(11(16)4)8-15-13(17)5-6-14/h7,9H,5-6,8,14H2,1-4H3,(H,15,17). The topological polar surface area (TPSA) is 60.1 Å². The molecule has 0 atom stereocenters. The number of nitrogens with one attached hydrogen (secondary N) is 1. The maximum absolute atomic E-state index is 11.4. The van der Waals surface area contributed by atoms with Crippen LogP contribution in [0.1, 0.15) is 43.3 Å². The van der Waals surface area contributed by atoms with E-state index in [4.69, 9.17) is 5.73 Å². The van der Waals surface area contributed by atoms with Crippen molar-refractivity contribution in [3.8, 4) is 0 Å². The largest absolute Gasteiger partial charge is 0.352 e. The summed E-state index contributed by atoms with van der Waals surface area (Å²) in [5.41, 5.74) is 8.98. The Bertz CT molecular complexity index is 394. The number of nitrogens with zero attached hydrogens (tertiary/aromatic N) is 1. The first-order valence-electron chi connectivity index (χ1n) is 6.11. The molecule has 4 nitrogen and oxygen atoms in total. The average Bonchev–Trinajstić information content (AvgIpc) is 2.51. The van der Waals surface area contributed by atoms with Crippen molar-refractivity contribution in [2.45, 2.75) is 46.7 Å². The fraction of sp³-hybridized carbons (Fsp3) is 0.615. The number of carbonyl (C=O) groups excluding carboxylic acids is 1. The number of nitrogens with two attached hydrogens (primary N) is 1. The molecule has 0 aliphatic carbocycles. The Morgan fingerprint density at radius 1 is 1.47 bits per heavy atom. The molecule has 0 unspecified atom stereocenters. The van der Waals surface area contributed by atoms with Crippen molar-refractivity contribution in [2.24, 2.45) is 5.73 Å². The first-order valence-corrected chi connectivity index (χ1v) is 6.11. The first-order chi connectivity index (χ1) is 7.97. The van der Waals surface area contributed by atoms with Gasteiger partial charge in [-0.2, -0.15) is 0 Å². The molecule has 0 aliphatic rings. The summed E-state index contributed by atoms with van der Waals surface area (Å²) < 4.78 is 2.28. The monoisotopic (exact) mass is 237 g/mol. The van der Waals surface area contributed by atoms with Crippen LogP contribution in [0.2, 0.25) is 0 Å². The lowest BCUT2D eigenvalue weighted by Gasteiger charge is -2.14. The van der Waals surface area contributed by atoms with Crippen LogP contribution in [0, 0.1) is 13.8 Å². The molecule has 1 amide bonds. The van der Waals surface area contributed by atoms with Gasteiger partial charge in [-0.05, 0) is 39.3 Å². The molecular formula is C13H23N3O. The van der Waals surface area contributed by atoms with E-state index in [2.05, 4.69) is 43.6 Å². The van der Waals surface area contributed by atoms with Crippen LogP contribution in [0.5, 0.6) is 0 Å². The Labute approximate surface area is 103 Å². The zero-order valence-electron chi connectivity index (χ0n) is 11.2. The highest BCUT2D eigenvalue weighted by Crippen LogP contribution is 2.19. The molecule has 0 fully saturated rings. The number of hydrogen-bond acceptors (Lipinski definition) is 2. The molecule has 1 rings (SSSR count). The van der Waals surface area contributed by atoms with E-state index in [0.717, 1.165) is 0 Å². The van der Waals surface area contributed by atoms with Crippen LogP contribution in [-0.4, -0.2) is 17.0 Å². The average molecular weight is 237 g/mol. The summed E-state index contributed by atoms with van der Waals surface area (Å²) in [6, 6.07) is 2.58. The van der Waals surface area contributed by atoms with Crippen molar-refractivity contribution < 1.29 is 4.79 Å². The number of rotatable bonds is 5. The van der Waals surface area contributed by atoms with Gasteiger partial charge >= 0.3 is 0 Å². The molecule has 96 valence electrons. The van der Waals surface area contributed by atoms with Crippen LogP contribution in [-0.2, 0) is 11.3 Å². The van der Waals surface area contributed by atoms with Gasteiger partial charge < -0.3 is 15.6 Å². The zero-order chi connectivity index (χ0) is 13.0. The fourth-order valence-electron chi connectivity index (χ4n) is 2.23. The van der Waals surface area contributed by atoms with Gasteiger partial charge in [0.2, 0.25) is 5.91 Å². The van der Waals surface area contributed by atoms with Crippen molar-refractivity contribution in [3.63, 3.8) is 0 Å². The van der Waals surface area contributed by atoms with Gasteiger partial charge in [0.25, 0.3) is 0 Å². The van der Waals surface area contributed by atoms with Crippen LogP contribution in [0.15, 0.2) is 6.07 Å². The minimum absolute atomic E-state index is 0.0156.